The van der Waals surface area contributed by atoms with E-state index in [0.717, 1.165) is 28.4 Å². The van der Waals surface area contributed by atoms with Crippen LogP contribution in [-0.4, -0.2) is 24.6 Å². The average molecular weight is 288 g/mol. The Morgan fingerprint density at radius 2 is 1.55 bits per heavy atom. The summed E-state index contributed by atoms with van der Waals surface area (Å²) in [5, 5.41) is 7.86. The van der Waals surface area contributed by atoms with E-state index in [-0.39, 0.29) is 0 Å². The van der Waals surface area contributed by atoms with Crippen LogP contribution in [0, 0.1) is 0 Å². The first-order chi connectivity index (χ1) is 10.9. The summed E-state index contributed by atoms with van der Waals surface area (Å²) in [4.78, 5) is 12.4. The third-order valence-corrected chi connectivity index (χ3v) is 3.29. The molecule has 4 heterocycles. The van der Waals surface area contributed by atoms with Gasteiger partial charge in [-0.1, -0.05) is 0 Å². The summed E-state index contributed by atoms with van der Waals surface area (Å²) >= 11 is 0. The van der Waals surface area contributed by atoms with Gasteiger partial charge in [0.05, 0.1) is 11.9 Å². The van der Waals surface area contributed by atoms with Crippen LogP contribution < -0.4 is 5.32 Å². The van der Waals surface area contributed by atoms with E-state index in [9.17, 15) is 0 Å². The first-order valence-corrected chi connectivity index (χ1v) is 6.82. The van der Waals surface area contributed by atoms with Gasteiger partial charge < -0.3 is 5.32 Å². The second kappa shape index (κ2) is 5.25. The zero-order valence-electron chi connectivity index (χ0n) is 11.6. The second-order valence-electron chi connectivity index (χ2n) is 4.73. The molecule has 4 rings (SSSR count). The Kier molecular flexibility index (Phi) is 2.97. The summed E-state index contributed by atoms with van der Waals surface area (Å²) in [6, 6.07) is 11.5. The zero-order chi connectivity index (χ0) is 14.8. The molecule has 4 aromatic heterocycles. The summed E-state index contributed by atoms with van der Waals surface area (Å²) < 4.78 is 1.82. The Morgan fingerprint density at radius 3 is 2.32 bits per heavy atom. The van der Waals surface area contributed by atoms with Crippen molar-refractivity contribution in [3.05, 3.63) is 67.4 Å². The molecule has 0 radical (unpaired) electrons. The third kappa shape index (κ3) is 2.26. The zero-order valence-corrected chi connectivity index (χ0v) is 11.6. The Morgan fingerprint density at radius 1 is 0.818 bits per heavy atom. The van der Waals surface area contributed by atoms with Crippen molar-refractivity contribution in [1.82, 2.24) is 24.6 Å². The molecule has 0 aromatic carbocycles. The minimum absolute atomic E-state index is 0.743. The van der Waals surface area contributed by atoms with Gasteiger partial charge in [0.25, 0.3) is 0 Å². The van der Waals surface area contributed by atoms with Gasteiger partial charge in [0.2, 0.25) is 0 Å². The standard InChI is InChI=1S/C16H12N6/c1-2-16-19-11-14(12-3-7-17-8-4-12)22(16)21-15(1)20-13-5-9-18-10-6-13/h1-11H,(H,18,20,21). The molecule has 0 aliphatic rings. The highest BCUT2D eigenvalue weighted by atomic mass is 15.3. The lowest BCUT2D eigenvalue weighted by atomic mass is 10.2. The molecule has 106 valence electrons. The highest BCUT2D eigenvalue weighted by Crippen LogP contribution is 2.21. The van der Waals surface area contributed by atoms with Crippen molar-refractivity contribution in [3.63, 3.8) is 0 Å². The monoisotopic (exact) mass is 288 g/mol. The summed E-state index contributed by atoms with van der Waals surface area (Å²) in [5.41, 5.74) is 3.69. The fourth-order valence-electron chi connectivity index (χ4n) is 2.24. The fourth-order valence-corrected chi connectivity index (χ4v) is 2.24. The fraction of sp³-hybridized carbons (Fsp3) is 0. The number of imidazole rings is 1. The maximum Gasteiger partial charge on any atom is 0.154 e. The number of nitrogens with zero attached hydrogens (tertiary/aromatic N) is 5. The molecule has 0 saturated carbocycles. The molecule has 0 aliphatic carbocycles. The van der Waals surface area contributed by atoms with Crippen molar-refractivity contribution >= 4 is 17.2 Å². The van der Waals surface area contributed by atoms with E-state index in [4.69, 9.17) is 0 Å². The highest BCUT2D eigenvalue weighted by molar-refractivity contribution is 5.64. The largest absolute Gasteiger partial charge is 0.339 e. The Balaban J connectivity index is 1.77. The molecule has 6 heteroatoms. The number of nitrogens with one attached hydrogen (secondary N) is 1. The molecule has 0 saturated heterocycles. The number of rotatable bonds is 3. The second-order valence-corrected chi connectivity index (χ2v) is 4.73. The molecule has 6 nitrogen and oxygen atoms in total. The van der Waals surface area contributed by atoms with Gasteiger partial charge in [0, 0.05) is 36.0 Å². The van der Waals surface area contributed by atoms with E-state index in [1.165, 1.54) is 0 Å². The van der Waals surface area contributed by atoms with Gasteiger partial charge in [-0.05, 0) is 36.4 Å². The van der Waals surface area contributed by atoms with Crippen molar-refractivity contribution in [1.29, 1.82) is 0 Å². The van der Waals surface area contributed by atoms with Crippen LogP contribution in [0.3, 0.4) is 0 Å². The van der Waals surface area contributed by atoms with Gasteiger partial charge in [0.1, 0.15) is 0 Å². The molecule has 0 amide bonds. The predicted molar refractivity (Wildman–Crippen MR) is 83.7 cm³/mol. The van der Waals surface area contributed by atoms with Crippen LogP contribution in [0.15, 0.2) is 67.4 Å². The van der Waals surface area contributed by atoms with Gasteiger partial charge in [-0.2, -0.15) is 0 Å². The maximum atomic E-state index is 4.61. The lowest BCUT2D eigenvalue weighted by Gasteiger charge is -2.06. The van der Waals surface area contributed by atoms with Crippen molar-refractivity contribution in [2.75, 3.05) is 5.32 Å². The number of hydrogen-bond acceptors (Lipinski definition) is 5. The minimum Gasteiger partial charge on any atom is -0.339 e. The minimum atomic E-state index is 0.743. The van der Waals surface area contributed by atoms with E-state index >= 15 is 0 Å². The van der Waals surface area contributed by atoms with Gasteiger partial charge in [-0.15, -0.1) is 5.10 Å². The number of pyridine rings is 2. The molecular weight excluding hydrogens is 276 g/mol. The van der Waals surface area contributed by atoms with Crippen molar-refractivity contribution in [2.24, 2.45) is 0 Å². The van der Waals surface area contributed by atoms with E-state index in [1.54, 1.807) is 24.8 Å². The lowest BCUT2D eigenvalue weighted by Crippen LogP contribution is -2.00. The summed E-state index contributed by atoms with van der Waals surface area (Å²) in [7, 11) is 0. The average Bonchev–Trinajstić information content (AvgIpc) is 3.00. The molecular formula is C16H12N6. The normalized spacial score (nSPS) is 10.7. The van der Waals surface area contributed by atoms with Gasteiger partial charge in [-0.25, -0.2) is 9.50 Å². The molecule has 1 N–H and O–H groups in total. The summed E-state index contributed by atoms with van der Waals surface area (Å²) in [6.07, 6.45) is 8.80. The van der Waals surface area contributed by atoms with Crippen LogP contribution in [0.25, 0.3) is 16.9 Å². The van der Waals surface area contributed by atoms with E-state index in [1.807, 2.05) is 47.1 Å². The quantitative estimate of drug-likeness (QED) is 0.627. The van der Waals surface area contributed by atoms with Crippen LogP contribution in [-0.2, 0) is 0 Å². The Labute approximate surface area is 126 Å². The van der Waals surface area contributed by atoms with E-state index in [0.29, 0.717) is 0 Å². The lowest BCUT2D eigenvalue weighted by molar-refractivity contribution is 0.948. The number of hydrogen-bond donors (Lipinski definition) is 1. The van der Waals surface area contributed by atoms with Crippen molar-refractivity contribution in [2.45, 2.75) is 0 Å². The first-order valence-electron chi connectivity index (χ1n) is 6.82. The molecule has 0 spiro atoms. The van der Waals surface area contributed by atoms with Gasteiger partial charge >= 0.3 is 0 Å². The Bertz CT molecular complexity index is 902. The molecule has 0 aliphatic heterocycles. The first kappa shape index (κ1) is 12.5. The van der Waals surface area contributed by atoms with E-state index in [2.05, 4.69) is 25.4 Å². The molecule has 22 heavy (non-hydrogen) atoms. The molecule has 0 atom stereocenters. The molecule has 0 unspecified atom stereocenters. The van der Waals surface area contributed by atoms with Gasteiger partial charge in [0.15, 0.2) is 11.5 Å². The van der Waals surface area contributed by atoms with Crippen LogP contribution >= 0.6 is 0 Å². The van der Waals surface area contributed by atoms with Crippen molar-refractivity contribution in [3.8, 4) is 11.3 Å². The van der Waals surface area contributed by atoms with Crippen LogP contribution in [0.5, 0.6) is 0 Å². The molecule has 0 fully saturated rings. The van der Waals surface area contributed by atoms with E-state index < -0.39 is 0 Å². The highest BCUT2D eigenvalue weighted by Gasteiger charge is 2.07. The SMILES string of the molecule is c1cc(Nc2ccc3ncc(-c4ccncc4)n3n2)ccn1. The predicted octanol–water partition coefficient (Wildman–Crippen LogP) is 2.93. The number of aromatic nitrogens is 5. The smallest absolute Gasteiger partial charge is 0.154 e. The van der Waals surface area contributed by atoms with Crippen molar-refractivity contribution < 1.29 is 0 Å². The molecule has 0 bridgehead atoms. The summed E-state index contributed by atoms with van der Waals surface area (Å²) in [5.74, 6) is 0.743. The molecule has 4 aromatic rings. The van der Waals surface area contributed by atoms with Crippen LogP contribution in [0.1, 0.15) is 0 Å². The number of anilines is 2. The third-order valence-electron chi connectivity index (χ3n) is 3.29. The topological polar surface area (TPSA) is 68.0 Å². The van der Waals surface area contributed by atoms with Gasteiger partial charge in [-0.3, -0.25) is 9.97 Å². The Hall–Kier alpha value is -3.28. The number of fused-ring (bicyclic) bond motifs is 1. The summed E-state index contributed by atoms with van der Waals surface area (Å²) in [6.45, 7) is 0. The maximum absolute atomic E-state index is 4.61. The van der Waals surface area contributed by atoms with Crippen LogP contribution in [0.2, 0.25) is 0 Å². The van der Waals surface area contributed by atoms with Crippen LogP contribution in [0.4, 0.5) is 11.5 Å².